The molecule has 0 bridgehead atoms. The summed E-state index contributed by atoms with van der Waals surface area (Å²) < 4.78 is 56.9. The van der Waals surface area contributed by atoms with E-state index < -0.39 is 62.9 Å². The van der Waals surface area contributed by atoms with Gasteiger partial charge in [0, 0.05) is 24.4 Å². The summed E-state index contributed by atoms with van der Waals surface area (Å²) in [5.74, 6) is 1.32. The van der Waals surface area contributed by atoms with E-state index >= 15 is 0 Å². The monoisotopic (exact) mass is 1050 g/mol. The molecule has 424 valence electrons. The van der Waals surface area contributed by atoms with E-state index in [-0.39, 0.29) is 87.4 Å². The van der Waals surface area contributed by atoms with Crippen molar-refractivity contribution in [2.45, 2.75) is 262 Å². The van der Waals surface area contributed by atoms with E-state index in [1.54, 1.807) is 12.5 Å². The summed E-state index contributed by atoms with van der Waals surface area (Å²) in [6.45, 7) is 39.2. The molecule has 24 atom stereocenters. The predicted molar refractivity (Wildman–Crippen MR) is 292 cm³/mol. The number of ketones is 1. The number of ether oxygens (including phenoxy) is 7. The van der Waals surface area contributed by atoms with Crippen LogP contribution in [0.4, 0.5) is 0 Å². The first-order valence-electron chi connectivity index (χ1n) is 30.2. The van der Waals surface area contributed by atoms with Gasteiger partial charge in [-0.15, -0.1) is 0 Å². The van der Waals surface area contributed by atoms with Gasteiger partial charge >= 0.3 is 0 Å². The Bertz CT molecular complexity index is 2000. The van der Waals surface area contributed by atoms with Crippen molar-refractivity contribution in [2.75, 3.05) is 20.3 Å². The molecule has 11 nitrogen and oxygen atoms in total. The van der Waals surface area contributed by atoms with Crippen LogP contribution in [0.1, 0.15) is 182 Å². The van der Waals surface area contributed by atoms with Crippen LogP contribution in [-0.4, -0.2) is 107 Å². The number of methoxy groups -OCH3 is 1. The first kappa shape index (κ1) is 59.1. The normalized spacial score (nSPS) is 50.4. The number of aldehydes is 1. The number of fused-ring (bicyclic) bond motifs is 7. The molecular formula is C62H106O11Si. The standard InChI is InChI=1S/C62H106O11Si/c1-19-45-38(7)39(8)52(73-74(20-2,21-3)22-4)55(68-45)72-53-51(71-54-40(9)37(6)36(5)33-67-54)41(10)50(42(11)65)70-56(53)69-48-26-27-58(14)46(59(48,15)34-63)25-28-60(16)47(58)24-23-43-44-31-57(12,13)29-30-62(44,35-64)49(66-18)32-61(43,60)17/h23,34,36-41,44-56,64H,19-22,24-33,35H2,1-18H3/t36-,37-,38+,39+,40?,41-,44?,45?,46-,47?,48+,49?,50?,51+,52?,53?,54+,55+,56-,58?,59-,60+,61-,62-/m1/s1. The minimum atomic E-state index is -2.16. The van der Waals surface area contributed by atoms with Crippen LogP contribution in [0.15, 0.2) is 11.6 Å². The third-order valence-corrected chi connectivity index (χ3v) is 29.0. The molecule has 3 heterocycles. The average molecular weight is 1060 g/mol. The molecule has 1 N–H and O–H groups in total. The lowest BCUT2D eigenvalue weighted by Crippen LogP contribution is -2.68. The molecular weight excluding hydrogens is 949 g/mol. The van der Waals surface area contributed by atoms with Gasteiger partial charge in [-0.2, -0.15) is 0 Å². The highest BCUT2D eigenvalue weighted by Crippen LogP contribution is 2.76. The maximum Gasteiger partial charge on any atom is 0.192 e. The van der Waals surface area contributed by atoms with Crippen molar-refractivity contribution in [3.8, 4) is 0 Å². The molecule has 3 aliphatic heterocycles. The number of hydrogen-bond acceptors (Lipinski definition) is 11. The lowest BCUT2D eigenvalue weighted by Gasteiger charge is -2.72. The van der Waals surface area contributed by atoms with Gasteiger partial charge in [0.05, 0.1) is 49.1 Å². The fourth-order valence-electron chi connectivity index (χ4n) is 18.2. The molecule has 3 saturated heterocycles. The number of allylic oxidation sites excluding steroid dienone is 2. The van der Waals surface area contributed by atoms with Gasteiger partial charge in [0.1, 0.15) is 18.5 Å². The van der Waals surface area contributed by atoms with Crippen LogP contribution >= 0.6 is 0 Å². The Morgan fingerprint density at radius 2 is 1.41 bits per heavy atom. The van der Waals surface area contributed by atoms with E-state index in [0.717, 1.165) is 75.9 Å². The molecule has 0 aromatic heterocycles. The second-order valence-electron chi connectivity index (χ2n) is 28.2. The van der Waals surface area contributed by atoms with E-state index in [1.165, 1.54) is 6.29 Å². The van der Waals surface area contributed by atoms with Crippen molar-refractivity contribution in [2.24, 2.45) is 85.8 Å². The van der Waals surface area contributed by atoms with Crippen LogP contribution in [0, 0.1) is 85.8 Å². The minimum absolute atomic E-state index is 0.0315. The second kappa shape index (κ2) is 21.8. The highest BCUT2D eigenvalue weighted by Gasteiger charge is 2.71. The molecule has 0 radical (unpaired) electrons. The number of rotatable bonds is 16. The summed E-state index contributed by atoms with van der Waals surface area (Å²) in [5.41, 5.74) is 0.260. The van der Waals surface area contributed by atoms with Gasteiger partial charge in [-0.3, -0.25) is 4.79 Å². The van der Waals surface area contributed by atoms with Crippen LogP contribution in [-0.2, 0) is 47.2 Å². The Morgan fingerprint density at radius 1 is 0.743 bits per heavy atom. The zero-order valence-electron chi connectivity index (χ0n) is 49.8. The third-order valence-electron chi connectivity index (χ3n) is 24.4. The molecule has 0 aromatic carbocycles. The smallest absolute Gasteiger partial charge is 0.192 e. The van der Waals surface area contributed by atoms with Gasteiger partial charge in [0.25, 0.3) is 0 Å². The maximum atomic E-state index is 14.3. The lowest BCUT2D eigenvalue weighted by atomic mass is 9.33. The summed E-state index contributed by atoms with van der Waals surface area (Å²) in [6.07, 6.45) is 7.46. The molecule has 8 aliphatic rings. The summed E-state index contributed by atoms with van der Waals surface area (Å²) in [6, 6.07) is 2.99. The van der Waals surface area contributed by atoms with E-state index in [9.17, 15) is 14.7 Å². The Labute approximate surface area is 450 Å². The van der Waals surface area contributed by atoms with Crippen molar-refractivity contribution in [3.05, 3.63) is 11.6 Å². The molecule has 5 aliphatic carbocycles. The van der Waals surface area contributed by atoms with Crippen LogP contribution in [0.5, 0.6) is 0 Å². The molecule has 74 heavy (non-hydrogen) atoms. The van der Waals surface area contributed by atoms with Gasteiger partial charge in [0.2, 0.25) is 0 Å². The summed E-state index contributed by atoms with van der Waals surface area (Å²) >= 11 is 0. The van der Waals surface area contributed by atoms with Crippen molar-refractivity contribution < 1.29 is 52.3 Å². The molecule has 4 saturated carbocycles. The first-order valence-corrected chi connectivity index (χ1v) is 32.7. The second-order valence-corrected chi connectivity index (χ2v) is 32.9. The first-order chi connectivity index (χ1) is 34.8. The molecule has 12 heteroatoms. The zero-order valence-corrected chi connectivity index (χ0v) is 50.8. The fourth-order valence-corrected chi connectivity index (χ4v) is 21.1. The highest BCUT2D eigenvalue weighted by atomic mass is 28.4. The largest absolute Gasteiger partial charge is 0.408 e. The van der Waals surface area contributed by atoms with Crippen LogP contribution in [0.2, 0.25) is 18.1 Å². The van der Waals surface area contributed by atoms with Crippen molar-refractivity contribution in [3.63, 3.8) is 0 Å². The van der Waals surface area contributed by atoms with Crippen molar-refractivity contribution >= 4 is 20.4 Å². The molecule has 7 fully saturated rings. The quantitative estimate of drug-likeness (QED) is 0.0687. The summed E-state index contributed by atoms with van der Waals surface area (Å²) in [4.78, 5) is 28.2. The van der Waals surface area contributed by atoms with Crippen molar-refractivity contribution in [1.82, 2.24) is 0 Å². The van der Waals surface area contributed by atoms with Gasteiger partial charge in [0.15, 0.2) is 33.0 Å². The molecule has 0 spiro atoms. The number of hydrogen-bond donors (Lipinski definition) is 1. The van der Waals surface area contributed by atoms with Gasteiger partial charge in [-0.05, 0) is 152 Å². The summed E-state index contributed by atoms with van der Waals surface area (Å²) in [5, 5.41) is 11.3. The average Bonchev–Trinajstić information content (AvgIpc) is 3.37. The van der Waals surface area contributed by atoms with E-state index in [2.05, 4.69) is 110 Å². The van der Waals surface area contributed by atoms with Crippen LogP contribution < -0.4 is 0 Å². The predicted octanol–water partition coefficient (Wildman–Crippen LogP) is 12.8. The van der Waals surface area contributed by atoms with Crippen LogP contribution in [0.3, 0.4) is 0 Å². The molecule has 9 unspecified atom stereocenters. The lowest BCUT2D eigenvalue weighted by molar-refractivity contribution is -0.376. The van der Waals surface area contributed by atoms with E-state index in [1.807, 2.05) is 14.0 Å². The Hall–Kier alpha value is -1.06. The van der Waals surface area contributed by atoms with E-state index in [0.29, 0.717) is 30.8 Å². The Kier molecular flexibility index (Phi) is 17.4. The third kappa shape index (κ3) is 9.52. The number of aliphatic hydroxyl groups excluding tert-OH is 1. The minimum Gasteiger partial charge on any atom is -0.408 e. The topological polar surface area (TPSA) is 128 Å². The van der Waals surface area contributed by atoms with Crippen LogP contribution in [0.25, 0.3) is 0 Å². The fraction of sp³-hybridized carbons (Fsp3) is 0.935. The number of aliphatic hydroxyl groups is 1. The highest BCUT2D eigenvalue weighted by molar-refractivity contribution is 6.73. The maximum absolute atomic E-state index is 14.3. The van der Waals surface area contributed by atoms with E-state index in [4.69, 9.17) is 37.6 Å². The molecule has 8 rings (SSSR count). The SMILES string of the molecule is CCC1O[C@@H](OC2[C@H](O[C@H]3CCC4(C)C5CC=C6C7CC(C)(C)CC[C@]7(CO)C(OC)C[C@@]6(C)[C@@]5(C)CC[C@H]4[C@@]3(C)C=O)OC(C(C)=O)[C@@H](C)[C@@H]2O[C@@H]2OC[C@@H](C)[C@@H](C)C2C)C(O[Si](CC)(CC)CC)[C@@H](C)[C@@H]1C. The molecule has 0 aromatic rings. The Morgan fingerprint density at radius 3 is 2.01 bits per heavy atom. The van der Waals surface area contributed by atoms with Gasteiger partial charge < -0.3 is 47.5 Å². The summed E-state index contributed by atoms with van der Waals surface area (Å²) in [7, 11) is -0.296. The number of carbonyl (C=O) groups is 2. The molecule has 0 amide bonds. The number of carbonyl (C=O) groups excluding carboxylic acids is 2. The van der Waals surface area contributed by atoms with Crippen molar-refractivity contribution in [1.29, 1.82) is 0 Å². The van der Waals surface area contributed by atoms with Gasteiger partial charge in [-0.25, -0.2) is 0 Å². The Balaban J connectivity index is 1.16. The van der Waals surface area contributed by atoms with Gasteiger partial charge in [-0.1, -0.05) is 122 Å². The number of Topliss-reactive ketones (excluding diaryl/α,β-unsaturated/α-hetero) is 1. The zero-order chi connectivity index (χ0) is 54.3.